The minimum Gasteiger partial charge on any atom is -0.334 e. The lowest BCUT2D eigenvalue weighted by Crippen LogP contribution is -2.31. The van der Waals surface area contributed by atoms with Crippen LogP contribution in [-0.2, 0) is 6.54 Å². The maximum atomic E-state index is 5.63. The van der Waals surface area contributed by atoms with E-state index in [2.05, 4.69) is 26.9 Å². The summed E-state index contributed by atoms with van der Waals surface area (Å²) in [6, 6.07) is 3.80. The number of hydrogen-bond acceptors (Lipinski definition) is 4. The Labute approximate surface area is 101 Å². The lowest BCUT2D eigenvalue weighted by Gasteiger charge is -2.16. The Morgan fingerprint density at radius 1 is 1.41 bits per heavy atom. The van der Waals surface area contributed by atoms with Crippen LogP contribution in [0.1, 0.15) is 30.0 Å². The zero-order chi connectivity index (χ0) is 12.3. The van der Waals surface area contributed by atoms with E-state index in [1.54, 1.807) is 12.4 Å². The summed E-state index contributed by atoms with van der Waals surface area (Å²) >= 11 is 0. The number of aromatic nitrogens is 3. The van der Waals surface area contributed by atoms with Gasteiger partial charge in [0.1, 0.15) is 11.9 Å². The number of nitrogens with two attached hydrogens (primary N) is 1. The van der Waals surface area contributed by atoms with Gasteiger partial charge in [-0.2, -0.15) is 0 Å². The SMILES string of the molecule is CCn1ccnc1C(NN)c1cc(C)ccn1. The van der Waals surface area contributed by atoms with E-state index in [1.165, 1.54) is 0 Å². The van der Waals surface area contributed by atoms with Gasteiger partial charge in [0.15, 0.2) is 0 Å². The van der Waals surface area contributed by atoms with Crippen LogP contribution in [0.4, 0.5) is 0 Å². The van der Waals surface area contributed by atoms with Crippen molar-refractivity contribution in [2.24, 2.45) is 5.84 Å². The quantitative estimate of drug-likeness (QED) is 0.612. The Hall–Kier alpha value is -1.72. The zero-order valence-electron chi connectivity index (χ0n) is 10.1. The summed E-state index contributed by atoms with van der Waals surface area (Å²) < 4.78 is 2.05. The van der Waals surface area contributed by atoms with E-state index in [-0.39, 0.29) is 6.04 Å². The molecule has 0 amide bonds. The molecule has 17 heavy (non-hydrogen) atoms. The summed E-state index contributed by atoms with van der Waals surface area (Å²) in [6.45, 7) is 4.97. The van der Waals surface area contributed by atoms with Gasteiger partial charge in [-0.15, -0.1) is 0 Å². The molecule has 0 aliphatic rings. The molecule has 0 bridgehead atoms. The van der Waals surface area contributed by atoms with E-state index in [1.807, 2.05) is 25.3 Å². The zero-order valence-corrected chi connectivity index (χ0v) is 10.1. The van der Waals surface area contributed by atoms with E-state index in [0.29, 0.717) is 0 Å². The minimum absolute atomic E-state index is 0.176. The van der Waals surface area contributed by atoms with Gasteiger partial charge in [0.25, 0.3) is 0 Å². The summed E-state index contributed by atoms with van der Waals surface area (Å²) in [6.07, 6.45) is 5.50. The summed E-state index contributed by atoms with van der Waals surface area (Å²) in [5.74, 6) is 6.51. The Bertz CT molecular complexity index is 491. The number of hydrogen-bond donors (Lipinski definition) is 2. The van der Waals surface area contributed by atoms with E-state index < -0.39 is 0 Å². The number of aryl methyl sites for hydroxylation is 2. The number of imidazole rings is 1. The van der Waals surface area contributed by atoms with Gasteiger partial charge in [0.2, 0.25) is 0 Å². The van der Waals surface area contributed by atoms with Crippen LogP contribution in [-0.4, -0.2) is 14.5 Å². The highest BCUT2D eigenvalue weighted by molar-refractivity contribution is 5.22. The van der Waals surface area contributed by atoms with Crippen LogP contribution in [0.25, 0.3) is 0 Å². The van der Waals surface area contributed by atoms with Gasteiger partial charge in [0, 0.05) is 25.1 Å². The third-order valence-electron chi connectivity index (χ3n) is 2.75. The highest BCUT2D eigenvalue weighted by Crippen LogP contribution is 2.18. The molecule has 90 valence electrons. The summed E-state index contributed by atoms with van der Waals surface area (Å²) in [4.78, 5) is 8.69. The Balaban J connectivity index is 2.40. The second-order valence-electron chi connectivity index (χ2n) is 3.93. The van der Waals surface area contributed by atoms with E-state index in [9.17, 15) is 0 Å². The molecule has 2 rings (SSSR count). The molecule has 0 fully saturated rings. The van der Waals surface area contributed by atoms with Crippen LogP contribution in [0, 0.1) is 6.92 Å². The maximum Gasteiger partial charge on any atom is 0.133 e. The number of nitrogens with zero attached hydrogens (tertiary/aromatic N) is 3. The van der Waals surface area contributed by atoms with Gasteiger partial charge in [-0.25, -0.2) is 10.4 Å². The van der Waals surface area contributed by atoms with Gasteiger partial charge in [-0.1, -0.05) is 0 Å². The summed E-state index contributed by atoms with van der Waals surface area (Å²) in [5, 5.41) is 0. The van der Waals surface area contributed by atoms with Crippen molar-refractivity contribution in [2.45, 2.75) is 26.4 Å². The van der Waals surface area contributed by atoms with Crippen LogP contribution in [0.15, 0.2) is 30.7 Å². The fourth-order valence-corrected chi connectivity index (χ4v) is 1.86. The molecule has 2 heterocycles. The van der Waals surface area contributed by atoms with Crippen molar-refractivity contribution in [1.29, 1.82) is 0 Å². The first-order valence-corrected chi connectivity index (χ1v) is 5.66. The third kappa shape index (κ3) is 2.35. The molecule has 0 radical (unpaired) electrons. The molecule has 1 atom stereocenters. The Kier molecular flexibility index (Phi) is 3.51. The standard InChI is InChI=1S/C12H17N5/c1-3-17-7-6-15-12(17)11(16-13)10-8-9(2)4-5-14-10/h4-8,11,16H,3,13H2,1-2H3. The molecular weight excluding hydrogens is 214 g/mol. The first-order chi connectivity index (χ1) is 8.26. The van der Waals surface area contributed by atoms with Crippen molar-refractivity contribution in [1.82, 2.24) is 20.0 Å². The topological polar surface area (TPSA) is 68.8 Å². The van der Waals surface area contributed by atoms with Crippen molar-refractivity contribution >= 4 is 0 Å². The molecule has 0 aromatic carbocycles. The van der Waals surface area contributed by atoms with Crippen molar-refractivity contribution in [3.05, 3.63) is 47.8 Å². The molecule has 5 heteroatoms. The monoisotopic (exact) mass is 231 g/mol. The van der Waals surface area contributed by atoms with Crippen LogP contribution >= 0.6 is 0 Å². The smallest absolute Gasteiger partial charge is 0.133 e. The first kappa shape index (κ1) is 11.8. The van der Waals surface area contributed by atoms with E-state index in [4.69, 9.17) is 5.84 Å². The minimum atomic E-state index is -0.176. The predicted molar refractivity (Wildman–Crippen MR) is 66.0 cm³/mol. The number of nitrogens with one attached hydrogen (secondary N) is 1. The normalized spacial score (nSPS) is 12.6. The van der Waals surface area contributed by atoms with Gasteiger partial charge in [0.05, 0.1) is 5.69 Å². The molecule has 0 aliphatic heterocycles. The van der Waals surface area contributed by atoms with E-state index in [0.717, 1.165) is 23.6 Å². The predicted octanol–water partition coefficient (Wildman–Crippen LogP) is 1.16. The Morgan fingerprint density at radius 2 is 2.24 bits per heavy atom. The average molecular weight is 231 g/mol. The van der Waals surface area contributed by atoms with Crippen LogP contribution < -0.4 is 11.3 Å². The fraction of sp³-hybridized carbons (Fsp3) is 0.333. The van der Waals surface area contributed by atoms with Crippen molar-refractivity contribution in [3.8, 4) is 0 Å². The lowest BCUT2D eigenvalue weighted by molar-refractivity contribution is 0.550. The molecule has 1 unspecified atom stereocenters. The highest BCUT2D eigenvalue weighted by Gasteiger charge is 2.18. The summed E-state index contributed by atoms with van der Waals surface area (Å²) in [5.41, 5.74) is 4.82. The fourth-order valence-electron chi connectivity index (χ4n) is 1.86. The van der Waals surface area contributed by atoms with Gasteiger partial charge in [-0.3, -0.25) is 10.8 Å². The molecule has 2 aromatic heterocycles. The van der Waals surface area contributed by atoms with Crippen LogP contribution in [0.2, 0.25) is 0 Å². The first-order valence-electron chi connectivity index (χ1n) is 5.66. The van der Waals surface area contributed by atoms with Crippen LogP contribution in [0.5, 0.6) is 0 Å². The number of pyridine rings is 1. The second-order valence-corrected chi connectivity index (χ2v) is 3.93. The molecule has 0 saturated carbocycles. The Morgan fingerprint density at radius 3 is 2.88 bits per heavy atom. The largest absolute Gasteiger partial charge is 0.334 e. The second kappa shape index (κ2) is 5.07. The van der Waals surface area contributed by atoms with Crippen LogP contribution in [0.3, 0.4) is 0 Å². The molecule has 0 saturated heterocycles. The molecule has 5 nitrogen and oxygen atoms in total. The van der Waals surface area contributed by atoms with Gasteiger partial charge < -0.3 is 4.57 Å². The number of rotatable bonds is 4. The lowest BCUT2D eigenvalue weighted by atomic mass is 10.1. The van der Waals surface area contributed by atoms with Gasteiger partial charge >= 0.3 is 0 Å². The molecule has 3 N–H and O–H groups in total. The molecule has 0 aliphatic carbocycles. The molecule has 0 spiro atoms. The maximum absolute atomic E-state index is 5.63. The van der Waals surface area contributed by atoms with Crippen molar-refractivity contribution < 1.29 is 0 Å². The summed E-state index contributed by atoms with van der Waals surface area (Å²) in [7, 11) is 0. The molecular formula is C12H17N5. The van der Waals surface area contributed by atoms with E-state index >= 15 is 0 Å². The third-order valence-corrected chi connectivity index (χ3v) is 2.75. The number of hydrazine groups is 1. The van der Waals surface area contributed by atoms with Crippen molar-refractivity contribution in [2.75, 3.05) is 0 Å². The van der Waals surface area contributed by atoms with Crippen molar-refractivity contribution in [3.63, 3.8) is 0 Å². The average Bonchev–Trinajstić information content (AvgIpc) is 2.78. The molecule has 2 aromatic rings. The van der Waals surface area contributed by atoms with Gasteiger partial charge in [-0.05, 0) is 31.5 Å². The highest BCUT2D eigenvalue weighted by atomic mass is 15.3.